The number of nitrogens with zero attached hydrogens (tertiary/aromatic N) is 2. The van der Waals surface area contributed by atoms with E-state index in [0.29, 0.717) is 43.0 Å². The number of esters is 1. The van der Waals surface area contributed by atoms with E-state index in [1.165, 1.54) is 5.01 Å². The molecule has 0 unspecified atom stereocenters. The molecular weight excluding hydrogens is 414 g/mol. The molecule has 32 heavy (non-hydrogen) atoms. The van der Waals surface area contributed by atoms with Gasteiger partial charge in [0.25, 0.3) is 0 Å². The molecule has 3 rings (SSSR count). The molecule has 9 nitrogen and oxygen atoms in total. The number of ether oxygens (including phenoxy) is 3. The van der Waals surface area contributed by atoms with Crippen LogP contribution < -0.4 is 14.8 Å². The first kappa shape index (κ1) is 22.8. The number of carbonyl (C=O) groups excluding carboxylic acids is 3. The summed E-state index contributed by atoms with van der Waals surface area (Å²) in [6.45, 7) is 0.420. The van der Waals surface area contributed by atoms with Crippen molar-refractivity contribution in [1.29, 1.82) is 0 Å². The van der Waals surface area contributed by atoms with Crippen molar-refractivity contribution in [3.05, 3.63) is 53.6 Å². The second-order valence-corrected chi connectivity index (χ2v) is 7.03. The lowest BCUT2D eigenvalue weighted by atomic mass is 10.0. The van der Waals surface area contributed by atoms with Crippen LogP contribution in [0, 0.1) is 0 Å². The maximum Gasteiger partial charge on any atom is 0.396 e. The van der Waals surface area contributed by atoms with Crippen LogP contribution in [0.25, 0.3) is 0 Å². The summed E-state index contributed by atoms with van der Waals surface area (Å²) >= 11 is 0. The molecule has 1 aliphatic heterocycles. The van der Waals surface area contributed by atoms with Crippen molar-refractivity contribution in [3.8, 4) is 11.5 Å². The first-order valence-electron chi connectivity index (χ1n) is 10.0. The van der Waals surface area contributed by atoms with Crippen LogP contribution in [-0.2, 0) is 25.5 Å². The van der Waals surface area contributed by atoms with E-state index in [9.17, 15) is 14.4 Å². The maximum absolute atomic E-state index is 12.4. The Balaban J connectivity index is 1.66. The second kappa shape index (κ2) is 10.4. The van der Waals surface area contributed by atoms with Gasteiger partial charge in [0.05, 0.1) is 27.0 Å². The minimum Gasteiger partial charge on any atom is -0.493 e. The number of carbonyl (C=O) groups is 3. The van der Waals surface area contributed by atoms with Crippen molar-refractivity contribution < 1.29 is 28.6 Å². The number of methoxy groups -OCH3 is 3. The van der Waals surface area contributed by atoms with Crippen LogP contribution in [0.5, 0.6) is 11.5 Å². The van der Waals surface area contributed by atoms with Crippen molar-refractivity contribution in [1.82, 2.24) is 5.01 Å². The molecule has 2 aromatic rings. The fourth-order valence-electron chi connectivity index (χ4n) is 3.26. The molecule has 0 aliphatic carbocycles. The van der Waals surface area contributed by atoms with Crippen LogP contribution in [0.3, 0.4) is 0 Å². The van der Waals surface area contributed by atoms with Gasteiger partial charge in [-0.25, -0.2) is 9.80 Å². The average Bonchev–Trinajstić information content (AvgIpc) is 2.83. The molecule has 1 N–H and O–H groups in total. The van der Waals surface area contributed by atoms with Gasteiger partial charge in [-0.3, -0.25) is 9.59 Å². The van der Waals surface area contributed by atoms with E-state index < -0.39 is 11.9 Å². The van der Waals surface area contributed by atoms with Crippen molar-refractivity contribution in [2.24, 2.45) is 5.10 Å². The molecule has 0 bridgehead atoms. The molecule has 1 heterocycles. The van der Waals surface area contributed by atoms with Crippen LogP contribution in [-0.4, -0.2) is 56.4 Å². The molecule has 0 atom stereocenters. The van der Waals surface area contributed by atoms with E-state index in [2.05, 4.69) is 15.2 Å². The number of rotatable bonds is 7. The summed E-state index contributed by atoms with van der Waals surface area (Å²) in [7, 11) is 4.30. The number of hydrazone groups is 1. The third-order valence-corrected chi connectivity index (χ3v) is 5.02. The van der Waals surface area contributed by atoms with Crippen molar-refractivity contribution in [2.45, 2.75) is 19.3 Å². The molecule has 0 saturated carbocycles. The normalized spacial score (nSPS) is 13.3. The Morgan fingerprint density at radius 3 is 2.38 bits per heavy atom. The molecule has 0 aromatic heterocycles. The van der Waals surface area contributed by atoms with E-state index in [1.807, 2.05) is 30.3 Å². The van der Waals surface area contributed by atoms with Crippen LogP contribution >= 0.6 is 0 Å². The van der Waals surface area contributed by atoms with E-state index in [4.69, 9.17) is 9.47 Å². The van der Waals surface area contributed by atoms with Gasteiger partial charge in [-0.1, -0.05) is 12.1 Å². The van der Waals surface area contributed by atoms with Crippen molar-refractivity contribution in [3.63, 3.8) is 0 Å². The van der Waals surface area contributed by atoms with Crippen LogP contribution in [0.2, 0.25) is 0 Å². The predicted molar refractivity (Wildman–Crippen MR) is 118 cm³/mol. The molecule has 2 aromatic carbocycles. The summed E-state index contributed by atoms with van der Waals surface area (Å²) in [5.41, 5.74) is 3.13. The SMILES string of the molecule is COC(=O)C(=O)Nc1ccc(CCN2N=C(c3ccc(OC)c(OC)c3)CCC2=O)cc1. The number of hydrogen-bond acceptors (Lipinski definition) is 7. The Morgan fingerprint density at radius 1 is 1.00 bits per heavy atom. The zero-order valence-electron chi connectivity index (χ0n) is 18.2. The van der Waals surface area contributed by atoms with E-state index >= 15 is 0 Å². The molecule has 2 amide bonds. The summed E-state index contributed by atoms with van der Waals surface area (Å²) in [4.78, 5) is 35.1. The largest absolute Gasteiger partial charge is 0.493 e. The number of amides is 2. The highest BCUT2D eigenvalue weighted by Gasteiger charge is 2.22. The number of hydrogen-bond donors (Lipinski definition) is 1. The topological polar surface area (TPSA) is 107 Å². The molecule has 9 heteroatoms. The summed E-state index contributed by atoms with van der Waals surface area (Å²) in [6, 6.07) is 12.6. The van der Waals surface area contributed by atoms with Gasteiger partial charge in [-0.05, 0) is 42.3 Å². The van der Waals surface area contributed by atoms with Crippen LogP contribution in [0.4, 0.5) is 5.69 Å². The Kier molecular flexibility index (Phi) is 7.43. The van der Waals surface area contributed by atoms with Gasteiger partial charge in [0.15, 0.2) is 11.5 Å². The van der Waals surface area contributed by atoms with Crippen molar-refractivity contribution >= 4 is 29.2 Å². The molecule has 168 valence electrons. The molecule has 1 aliphatic rings. The summed E-state index contributed by atoms with van der Waals surface area (Å²) in [5.74, 6) is -0.587. The van der Waals surface area contributed by atoms with E-state index in [-0.39, 0.29) is 5.91 Å². The van der Waals surface area contributed by atoms with Gasteiger partial charge >= 0.3 is 11.9 Å². The maximum atomic E-state index is 12.4. The summed E-state index contributed by atoms with van der Waals surface area (Å²) in [5, 5.41) is 8.50. The van der Waals surface area contributed by atoms with Gasteiger partial charge in [-0.15, -0.1) is 0 Å². The Labute approximate surface area is 185 Å². The molecule has 0 saturated heterocycles. The third-order valence-electron chi connectivity index (χ3n) is 5.02. The van der Waals surface area contributed by atoms with Crippen LogP contribution in [0.1, 0.15) is 24.0 Å². The lowest BCUT2D eigenvalue weighted by Gasteiger charge is -2.24. The number of benzene rings is 2. The van der Waals surface area contributed by atoms with Gasteiger partial charge < -0.3 is 19.5 Å². The first-order chi connectivity index (χ1) is 15.4. The van der Waals surface area contributed by atoms with E-state index in [1.54, 1.807) is 26.4 Å². The highest BCUT2D eigenvalue weighted by atomic mass is 16.5. The molecule has 0 radical (unpaired) electrons. The fourth-order valence-corrected chi connectivity index (χ4v) is 3.26. The van der Waals surface area contributed by atoms with Crippen molar-refractivity contribution in [2.75, 3.05) is 33.2 Å². The minimum absolute atomic E-state index is 0.0313. The Bertz CT molecular complexity index is 1030. The predicted octanol–water partition coefficient (Wildman–Crippen LogP) is 2.38. The second-order valence-electron chi connectivity index (χ2n) is 7.03. The molecular formula is C23H25N3O6. The van der Waals surface area contributed by atoms with Gasteiger partial charge in [0.2, 0.25) is 5.91 Å². The zero-order valence-corrected chi connectivity index (χ0v) is 18.2. The Morgan fingerprint density at radius 2 is 1.72 bits per heavy atom. The average molecular weight is 439 g/mol. The third kappa shape index (κ3) is 5.42. The number of anilines is 1. The van der Waals surface area contributed by atoms with Gasteiger partial charge in [-0.2, -0.15) is 5.10 Å². The lowest BCUT2D eigenvalue weighted by Crippen LogP contribution is -2.33. The quantitative estimate of drug-likeness (QED) is 0.524. The highest BCUT2D eigenvalue weighted by Crippen LogP contribution is 2.29. The van der Waals surface area contributed by atoms with Gasteiger partial charge in [0.1, 0.15) is 0 Å². The standard InChI is InChI=1S/C23H25N3O6/c1-30-19-10-6-16(14-20(19)31-2)18-9-11-21(27)26(25-18)13-12-15-4-7-17(8-5-15)24-22(28)23(29)32-3/h4-8,10,14H,9,11-13H2,1-3H3,(H,24,28). The fraction of sp³-hybridized carbons (Fsp3) is 0.304. The summed E-state index contributed by atoms with van der Waals surface area (Å²) < 4.78 is 15.0. The van der Waals surface area contributed by atoms with Gasteiger partial charge in [0, 0.05) is 30.6 Å². The first-order valence-corrected chi connectivity index (χ1v) is 10.0. The monoisotopic (exact) mass is 439 g/mol. The highest BCUT2D eigenvalue weighted by molar-refractivity contribution is 6.37. The minimum atomic E-state index is -0.958. The smallest absolute Gasteiger partial charge is 0.396 e. The zero-order chi connectivity index (χ0) is 23.1. The number of nitrogens with one attached hydrogen (secondary N) is 1. The van der Waals surface area contributed by atoms with E-state index in [0.717, 1.165) is 23.9 Å². The molecule has 0 fully saturated rings. The summed E-state index contributed by atoms with van der Waals surface area (Å²) in [6.07, 6.45) is 1.52. The van der Waals surface area contributed by atoms with Crippen LogP contribution in [0.15, 0.2) is 47.6 Å². The lowest BCUT2D eigenvalue weighted by molar-refractivity contribution is -0.150. The Hall–Kier alpha value is -3.88. The molecule has 0 spiro atoms.